The van der Waals surface area contributed by atoms with Crippen molar-refractivity contribution in [1.82, 2.24) is 4.90 Å². The first-order chi connectivity index (χ1) is 15.5. The van der Waals surface area contributed by atoms with E-state index in [1.165, 1.54) is 11.8 Å². The van der Waals surface area contributed by atoms with Gasteiger partial charge in [-0.2, -0.15) is 0 Å². The summed E-state index contributed by atoms with van der Waals surface area (Å²) in [6.45, 7) is 0.699. The van der Waals surface area contributed by atoms with Gasteiger partial charge in [-0.25, -0.2) is 0 Å². The summed E-state index contributed by atoms with van der Waals surface area (Å²) < 4.78 is 0.455. The predicted octanol–water partition coefficient (Wildman–Crippen LogP) is 5.66. The quantitative estimate of drug-likeness (QED) is 0.360. The number of thiocarbonyl (C=S) groups is 1. The van der Waals surface area contributed by atoms with E-state index in [0.717, 1.165) is 22.4 Å². The Morgan fingerprint density at radius 3 is 2.25 bits per heavy atom. The van der Waals surface area contributed by atoms with Crippen LogP contribution in [0.15, 0.2) is 83.8 Å². The summed E-state index contributed by atoms with van der Waals surface area (Å²) in [4.78, 5) is 30.5. The minimum Gasteiger partial charge on any atom is -0.303 e. The molecule has 2 heterocycles. The molecule has 32 heavy (non-hydrogen) atoms. The number of anilines is 1. The third kappa shape index (κ3) is 3.64. The van der Waals surface area contributed by atoms with Crippen molar-refractivity contribution in [1.29, 1.82) is 0 Å². The molecule has 2 aliphatic rings. The highest BCUT2D eigenvalue weighted by atomic mass is 35.5. The second kappa shape index (κ2) is 8.54. The van der Waals surface area contributed by atoms with Crippen molar-refractivity contribution in [3.63, 3.8) is 0 Å². The maximum absolute atomic E-state index is 13.6. The molecule has 0 radical (unpaired) electrons. The molecule has 1 saturated heterocycles. The van der Waals surface area contributed by atoms with Crippen LogP contribution in [0.4, 0.5) is 5.69 Å². The molecule has 1 fully saturated rings. The number of carbonyl (C=O) groups is 2. The monoisotopic (exact) mass is 476 g/mol. The fourth-order valence-electron chi connectivity index (χ4n) is 3.91. The molecule has 2 amide bonds. The van der Waals surface area contributed by atoms with E-state index < -0.39 is 0 Å². The van der Waals surface area contributed by atoms with E-state index in [2.05, 4.69) is 0 Å². The fraction of sp³-hybridized carbons (Fsp3) is 0.0800. The van der Waals surface area contributed by atoms with Gasteiger partial charge >= 0.3 is 0 Å². The van der Waals surface area contributed by atoms with E-state index in [1.807, 2.05) is 72.8 Å². The van der Waals surface area contributed by atoms with Crippen molar-refractivity contribution < 1.29 is 9.59 Å². The average Bonchev–Trinajstić information content (AvgIpc) is 3.23. The number of halogens is 1. The zero-order chi connectivity index (χ0) is 22.2. The Morgan fingerprint density at radius 2 is 1.47 bits per heavy atom. The average molecular weight is 477 g/mol. The van der Waals surface area contributed by atoms with Crippen LogP contribution in [0.3, 0.4) is 0 Å². The van der Waals surface area contributed by atoms with Gasteiger partial charge in [-0.1, -0.05) is 102 Å². The summed E-state index contributed by atoms with van der Waals surface area (Å²) in [5.74, 6) is -0.451. The number of para-hydroxylation sites is 1. The van der Waals surface area contributed by atoms with E-state index in [0.29, 0.717) is 32.9 Å². The van der Waals surface area contributed by atoms with Crippen LogP contribution in [-0.4, -0.2) is 21.0 Å². The molecule has 4 nitrogen and oxygen atoms in total. The second-order valence-electron chi connectivity index (χ2n) is 7.45. The van der Waals surface area contributed by atoms with Crippen LogP contribution in [0.2, 0.25) is 5.02 Å². The lowest BCUT2D eigenvalue weighted by Crippen LogP contribution is -2.29. The van der Waals surface area contributed by atoms with Crippen LogP contribution in [0.1, 0.15) is 16.7 Å². The lowest BCUT2D eigenvalue weighted by atomic mass is 10.1. The molecule has 0 saturated carbocycles. The maximum atomic E-state index is 13.6. The van der Waals surface area contributed by atoms with Gasteiger partial charge in [0.1, 0.15) is 4.32 Å². The van der Waals surface area contributed by atoms with Crippen LogP contribution in [0.5, 0.6) is 0 Å². The molecule has 0 aromatic heterocycles. The van der Waals surface area contributed by atoms with Crippen molar-refractivity contribution in [3.05, 3.63) is 105 Å². The number of thioether (sulfide) groups is 1. The Balaban J connectivity index is 1.53. The number of hydrogen-bond acceptors (Lipinski definition) is 4. The summed E-state index contributed by atoms with van der Waals surface area (Å²) in [7, 11) is 0. The summed E-state index contributed by atoms with van der Waals surface area (Å²) in [6, 6.07) is 24.7. The van der Waals surface area contributed by atoms with Gasteiger partial charge in [0.2, 0.25) is 0 Å². The molecule has 7 heteroatoms. The van der Waals surface area contributed by atoms with Crippen LogP contribution in [-0.2, 0) is 22.7 Å². The first kappa shape index (κ1) is 20.9. The number of rotatable bonds is 4. The first-order valence-corrected chi connectivity index (χ1v) is 11.6. The number of amides is 2. The van der Waals surface area contributed by atoms with Gasteiger partial charge in [0.15, 0.2) is 0 Å². The molecule has 158 valence electrons. The minimum absolute atomic E-state index is 0.216. The molecule has 0 aliphatic carbocycles. The van der Waals surface area contributed by atoms with Gasteiger partial charge in [0, 0.05) is 10.6 Å². The van der Waals surface area contributed by atoms with E-state index in [4.69, 9.17) is 23.8 Å². The summed E-state index contributed by atoms with van der Waals surface area (Å²) in [5, 5.41) is 0.598. The summed E-state index contributed by atoms with van der Waals surface area (Å²) >= 11 is 13.0. The van der Waals surface area contributed by atoms with Gasteiger partial charge in [-0.3, -0.25) is 14.5 Å². The highest BCUT2D eigenvalue weighted by Crippen LogP contribution is 2.45. The topological polar surface area (TPSA) is 40.6 Å². The molecular formula is C25H17ClN2O2S2. The van der Waals surface area contributed by atoms with Crippen molar-refractivity contribution in [3.8, 4) is 0 Å². The van der Waals surface area contributed by atoms with Gasteiger partial charge in [0.25, 0.3) is 11.8 Å². The van der Waals surface area contributed by atoms with E-state index in [-0.39, 0.29) is 11.8 Å². The van der Waals surface area contributed by atoms with Gasteiger partial charge < -0.3 is 4.90 Å². The molecule has 0 unspecified atom stereocenters. The Kier molecular flexibility index (Phi) is 5.59. The molecule has 2 aliphatic heterocycles. The SMILES string of the molecule is O=C1C(=C2C(=O)N(Cc3ccccc3Cl)c3ccccc32)SC(=S)N1Cc1ccccc1. The standard InChI is InChI=1S/C25H17ClN2O2S2/c26-19-12-6-4-10-17(19)15-27-20-13-7-5-11-18(20)21(23(27)29)22-24(30)28(25(31)32-22)14-16-8-2-1-3-9-16/h1-13H,14-15H2. The highest BCUT2D eigenvalue weighted by molar-refractivity contribution is 8.26. The number of nitrogens with zero attached hydrogens (tertiary/aromatic N) is 2. The Bertz CT molecular complexity index is 1290. The van der Waals surface area contributed by atoms with E-state index >= 15 is 0 Å². The van der Waals surface area contributed by atoms with Crippen LogP contribution in [0, 0.1) is 0 Å². The highest BCUT2D eigenvalue weighted by Gasteiger charge is 2.42. The third-order valence-corrected chi connectivity index (χ3v) is 7.29. The number of hydrogen-bond donors (Lipinski definition) is 0. The molecule has 3 aromatic rings. The smallest absolute Gasteiger partial charge is 0.267 e. The first-order valence-electron chi connectivity index (χ1n) is 10.0. The zero-order valence-corrected chi connectivity index (χ0v) is 19.2. The molecule has 5 rings (SSSR count). The van der Waals surface area contributed by atoms with Crippen LogP contribution < -0.4 is 4.90 Å². The molecule has 0 bridgehead atoms. The van der Waals surface area contributed by atoms with Crippen LogP contribution in [0.25, 0.3) is 5.57 Å². The lowest BCUT2D eigenvalue weighted by Gasteiger charge is -2.18. The third-order valence-electron chi connectivity index (χ3n) is 5.47. The summed E-state index contributed by atoms with van der Waals surface area (Å²) in [6.07, 6.45) is 0. The summed E-state index contributed by atoms with van der Waals surface area (Å²) in [5.41, 5.74) is 3.73. The normalized spacial score (nSPS) is 18.0. The predicted molar refractivity (Wildman–Crippen MR) is 133 cm³/mol. The molecule has 0 spiro atoms. The van der Waals surface area contributed by atoms with Crippen molar-refractivity contribution >= 4 is 63.0 Å². The van der Waals surface area contributed by atoms with Crippen LogP contribution >= 0.6 is 35.6 Å². The Morgan fingerprint density at radius 1 is 0.781 bits per heavy atom. The largest absolute Gasteiger partial charge is 0.303 e. The van der Waals surface area contributed by atoms with Gasteiger partial charge in [0.05, 0.1) is 29.3 Å². The zero-order valence-electron chi connectivity index (χ0n) is 16.8. The van der Waals surface area contributed by atoms with Crippen molar-refractivity contribution in [2.45, 2.75) is 13.1 Å². The Hall–Kier alpha value is -2.93. The van der Waals surface area contributed by atoms with E-state index in [9.17, 15) is 9.59 Å². The van der Waals surface area contributed by atoms with E-state index in [1.54, 1.807) is 15.9 Å². The molecular weight excluding hydrogens is 460 g/mol. The number of benzene rings is 3. The van der Waals surface area contributed by atoms with Crippen molar-refractivity contribution in [2.75, 3.05) is 4.90 Å². The second-order valence-corrected chi connectivity index (χ2v) is 9.50. The molecule has 0 N–H and O–H groups in total. The number of carbonyl (C=O) groups excluding carboxylic acids is 2. The minimum atomic E-state index is -0.235. The molecule has 0 atom stereocenters. The Labute approximate surface area is 200 Å². The number of fused-ring (bicyclic) bond motifs is 1. The maximum Gasteiger partial charge on any atom is 0.267 e. The lowest BCUT2D eigenvalue weighted by molar-refractivity contribution is -0.122. The molecule has 3 aromatic carbocycles. The fourth-order valence-corrected chi connectivity index (χ4v) is 5.43. The van der Waals surface area contributed by atoms with Gasteiger partial charge in [-0.05, 0) is 23.3 Å². The van der Waals surface area contributed by atoms with Crippen molar-refractivity contribution in [2.24, 2.45) is 0 Å². The van der Waals surface area contributed by atoms with Gasteiger partial charge in [-0.15, -0.1) is 0 Å².